The highest BCUT2D eigenvalue weighted by Crippen LogP contribution is 2.22. The van der Waals surface area contributed by atoms with E-state index in [1.54, 1.807) is 24.1 Å². The third kappa shape index (κ3) is 5.21. The second-order valence-electron chi connectivity index (χ2n) is 6.66. The van der Waals surface area contributed by atoms with Crippen molar-refractivity contribution in [2.45, 2.75) is 11.4 Å². The van der Waals surface area contributed by atoms with E-state index < -0.39 is 21.7 Å². The van der Waals surface area contributed by atoms with Crippen molar-refractivity contribution in [1.29, 1.82) is 0 Å². The number of guanidine groups is 1. The molecular weight excluding hydrogens is 400 g/mol. The fourth-order valence-electron chi connectivity index (χ4n) is 3.23. The van der Waals surface area contributed by atoms with Crippen molar-refractivity contribution in [3.8, 4) is 0 Å². The number of piperazine rings is 1. The van der Waals surface area contributed by atoms with Crippen LogP contribution in [0.3, 0.4) is 0 Å². The minimum Gasteiger partial charge on any atom is -0.366 e. The zero-order chi connectivity index (χ0) is 21.0. The van der Waals surface area contributed by atoms with Gasteiger partial charge < -0.3 is 15.1 Å². The molecule has 0 bridgehead atoms. The van der Waals surface area contributed by atoms with Crippen molar-refractivity contribution in [2.24, 2.45) is 10.1 Å². The lowest BCUT2D eigenvalue weighted by Gasteiger charge is -2.37. The topological polar surface area (TPSA) is 91.0 Å². The molecular formula is C19H23F2N5O2S. The first-order chi connectivity index (χ1) is 13.8. The Morgan fingerprint density at radius 1 is 1.14 bits per heavy atom. The third-order valence-corrected chi connectivity index (χ3v) is 5.63. The zero-order valence-electron chi connectivity index (χ0n) is 16.0. The van der Waals surface area contributed by atoms with E-state index in [0.29, 0.717) is 38.7 Å². The molecule has 3 N–H and O–H groups in total. The Bertz CT molecular complexity index is 1010. The Hall–Kier alpha value is -2.72. The molecule has 10 heteroatoms. The minimum absolute atomic E-state index is 0.0533. The predicted molar refractivity (Wildman–Crippen MR) is 108 cm³/mol. The molecule has 156 valence electrons. The van der Waals surface area contributed by atoms with Gasteiger partial charge in [0.15, 0.2) is 5.96 Å². The fraction of sp³-hybridized carbons (Fsp3) is 0.316. The van der Waals surface area contributed by atoms with Crippen molar-refractivity contribution >= 4 is 21.7 Å². The summed E-state index contributed by atoms with van der Waals surface area (Å²) in [5, 5.41) is 8.37. The Morgan fingerprint density at radius 3 is 2.52 bits per heavy atom. The molecule has 1 saturated heterocycles. The summed E-state index contributed by atoms with van der Waals surface area (Å²) in [6, 6.07) is 9.82. The highest BCUT2D eigenvalue weighted by atomic mass is 32.2. The van der Waals surface area contributed by atoms with Crippen molar-refractivity contribution in [2.75, 3.05) is 38.1 Å². The number of anilines is 1. The van der Waals surface area contributed by atoms with Gasteiger partial charge in [0.25, 0.3) is 0 Å². The first-order valence-electron chi connectivity index (χ1n) is 9.05. The minimum atomic E-state index is -3.76. The van der Waals surface area contributed by atoms with Crippen LogP contribution >= 0.6 is 0 Å². The molecule has 1 fully saturated rings. The van der Waals surface area contributed by atoms with Gasteiger partial charge in [-0.2, -0.15) is 0 Å². The molecule has 1 aliphatic heterocycles. The molecule has 1 aliphatic rings. The van der Waals surface area contributed by atoms with E-state index >= 15 is 0 Å². The Balaban J connectivity index is 1.60. The number of nitrogens with zero attached hydrogens (tertiary/aromatic N) is 3. The van der Waals surface area contributed by atoms with Gasteiger partial charge in [-0.3, -0.25) is 4.99 Å². The van der Waals surface area contributed by atoms with Crippen LogP contribution in [0, 0.1) is 11.6 Å². The Labute approximate surface area is 168 Å². The number of aliphatic imine (C=N–C) groups is 1. The van der Waals surface area contributed by atoms with Crippen LogP contribution < -0.4 is 15.4 Å². The van der Waals surface area contributed by atoms with Crippen molar-refractivity contribution < 1.29 is 17.2 Å². The molecule has 0 aromatic heterocycles. The number of benzene rings is 2. The lowest BCUT2D eigenvalue weighted by molar-refractivity contribution is 0.370. The molecule has 0 aliphatic carbocycles. The third-order valence-electron chi connectivity index (χ3n) is 4.72. The molecule has 0 atom stereocenters. The van der Waals surface area contributed by atoms with E-state index in [-0.39, 0.29) is 10.6 Å². The molecule has 1 heterocycles. The molecule has 2 aromatic carbocycles. The number of hydrogen-bond donors (Lipinski definition) is 2. The Morgan fingerprint density at radius 2 is 1.86 bits per heavy atom. The molecule has 29 heavy (non-hydrogen) atoms. The Kier molecular flexibility index (Phi) is 6.33. The number of primary sulfonamides is 1. The quantitative estimate of drug-likeness (QED) is 0.575. The predicted octanol–water partition coefficient (Wildman–Crippen LogP) is 1.51. The van der Waals surface area contributed by atoms with Crippen molar-refractivity contribution in [1.82, 2.24) is 10.2 Å². The normalized spacial score (nSPS) is 15.5. The average molecular weight is 423 g/mol. The summed E-state index contributed by atoms with van der Waals surface area (Å²) in [5.74, 6) is -0.273. The van der Waals surface area contributed by atoms with Crippen LogP contribution in [-0.4, -0.2) is 52.5 Å². The maximum Gasteiger partial charge on any atom is 0.238 e. The average Bonchev–Trinajstić information content (AvgIpc) is 2.70. The standard InChI is InChI=1S/C19H23F2N5O2S/c1-23-19(24-13-14-3-2-4-16(11-14)29(22,27)28)26-9-7-25(8-10-26)18-12-15(20)5-6-17(18)21/h2-6,11-12H,7-10,13H2,1H3,(H,23,24)(H2,22,27,28). The van der Waals surface area contributed by atoms with Gasteiger partial charge in [-0.25, -0.2) is 22.3 Å². The second-order valence-corrected chi connectivity index (χ2v) is 8.22. The summed E-state index contributed by atoms with van der Waals surface area (Å²) in [7, 11) is -2.11. The molecule has 0 radical (unpaired) electrons. The lowest BCUT2D eigenvalue weighted by atomic mass is 10.2. The number of halogens is 2. The molecule has 0 spiro atoms. The van der Waals surface area contributed by atoms with E-state index in [2.05, 4.69) is 10.3 Å². The van der Waals surface area contributed by atoms with Crippen LogP contribution in [0.5, 0.6) is 0 Å². The van der Waals surface area contributed by atoms with Crippen LogP contribution in [0.2, 0.25) is 0 Å². The van der Waals surface area contributed by atoms with Crippen LogP contribution in [0.15, 0.2) is 52.4 Å². The van der Waals surface area contributed by atoms with E-state index in [0.717, 1.165) is 17.7 Å². The largest absolute Gasteiger partial charge is 0.366 e. The first kappa shape index (κ1) is 21.0. The highest BCUT2D eigenvalue weighted by Gasteiger charge is 2.22. The van der Waals surface area contributed by atoms with Gasteiger partial charge in [0.2, 0.25) is 10.0 Å². The summed E-state index contributed by atoms with van der Waals surface area (Å²) >= 11 is 0. The zero-order valence-corrected chi connectivity index (χ0v) is 16.8. The number of hydrogen-bond acceptors (Lipinski definition) is 4. The van der Waals surface area contributed by atoms with Crippen molar-refractivity contribution in [3.05, 3.63) is 59.7 Å². The maximum absolute atomic E-state index is 14.0. The fourth-order valence-corrected chi connectivity index (χ4v) is 3.82. The summed E-state index contributed by atoms with van der Waals surface area (Å²) in [4.78, 5) is 8.13. The summed E-state index contributed by atoms with van der Waals surface area (Å²) in [5.41, 5.74) is 1.01. The van der Waals surface area contributed by atoms with E-state index in [4.69, 9.17) is 5.14 Å². The van der Waals surface area contributed by atoms with E-state index in [1.165, 1.54) is 18.2 Å². The molecule has 0 saturated carbocycles. The van der Waals surface area contributed by atoms with Gasteiger partial charge in [0.05, 0.1) is 10.6 Å². The van der Waals surface area contributed by atoms with Crippen LogP contribution in [0.25, 0.3) is 0 Å². The van der Waals surface area contributed by atoms with E-state index in [1.807, 2.05) is 4.90 Å². The summed E-state index contributed by atoms with van der Waals surface area (Å²) in [6.45, 7) is 2.55. The number of sulfonamides is 1. The van der Waals surface area contributed by atoms with Gasteiger partial charge in [0.1, 0.15) is 11.6 Å². The highest BCUT2D eigenvalue weighted by molar-refractivity contribution is 7.89. The smallest absolute Gasteiger partial charge is 0.238 e. The van der Waals surface area contributed by atoms with Crippen LogP contribution in [0.1, 0.15) is 5.56 Å². The first-order valence-corrected chi connectivity index (χ1v) is 10.6. The van der Waals surface area contributed by atoms with Gasteiger partial charge in [-0.15, -0.1) is 0 Å². The number of rotatable bonds is 4. The SMILES string of the molecule is CN=C(NCc1cccc(S(N)(=O)=O)c1)N1CCN(c2cc(F)ccc2F)CC1. The molecule has 3 rings (SSSR count). The van der Waals surface area contributed by atoms with Gasteiger partial charge in [-0.05, 0) is 29.8 Å². The van der Waals surface area contributed by atoms with Gasteiger partial charge >= 0.3 is 0 Å². The van der Waals surface area contributed by atoms with Crippen molar-refractivity contribution in [3.63, 3.8) is 0 Å². The molecule has 0 unspecified atom stereocenters. The van der Waals surface area contributed by atoms with Gasteiger partial charge in [-0.1, -0.05) is 12.1 Å². The lowest BCUT2D eigenvalue weighted by Crippen LogP contribution is -2.52. The summed E-state index contributed by atoms with van der Waals surface area (Å²) in [6.07, 6.45) is 0. The monoisotopic (exact) mass is 423 g/mol. The van der Waals surface area contributed by atoms with E-state index in [9.17, 15) is 17.2 Å². The molecule has 7 nitrogen and oxygen atoms in total. The van der Waals surface area contributed by atoms with Gasteiger partial charge in [0, 0.05) is 45.8 Å². The maximum atomic E-state index is 14.0. The molecule has 0 amide bonds. The summed E-state index contributed by atoms with van der Waals surface area (Å²) < 4.78 is 50.4. The van der Waals surface area contributed by atoms with Crippen LogP contribution in [0.4, 0.5) is 14.5 Å². The second kappa shape index (κ2) is 8.75. The molecule has 2 aromatic rings. The number of nitrogens with two attached hydrogens (primary N) is 1. The number of nitrogens with one attached hydrogen (secondary N) is 1. The van der Waals surface area contributed by atoms with Crippen LogP contribution in [-0.2, 0) is 16.6 Å².